The summed E-state index contributed by atoms with van der Waals surface area (Å²) in [7, 11) is 3.44. The van der Waals surface area contributed by atoms with Crippen LogP contribution in [0.2, 0.25) is 0 Å². The number of carbonyl (C=O) groups is 1. The molecule has 4 heteroatoms. The van der Waals surface area contributed by atoms with Gasteiger partial charge in [0.15, 0.2) is 0 Å². The Labute approximate surface area is 132 Å². The van der Waals surface area contributed by atoms with Crippen LogP contribution in [0.5, 0.6) is 5.75 Å². The molecule has 0 aliphatic carbocycles. The molecule has 20 heavy (non-hydrogen) atoms. The summed E-state index contributed by atoms with van der Waals surface area (Å²) in [4.78, 5) is 14.2. The number of hydrogen-bond donors (Lipinski definition) is 0. The molecule has 104 valence electrons. The first-order chi connectivity index (χ1) is 9.63. The Morgan fingerprint density at radius 3 is 2.50 bits per heavy atom. The number of ether oxygens (including phenoxy) is 1. The molecule has 0 fully saturated rings. The van der Waals surface area contributed by atoms with E-state index in [1.54, 1.807) is 19.1 Å². The fourth-order valence-corrected chi connectivity index (χ4v) is 2.62. The molecule has 0 saturated heterocycles. The van der Waals surface area contributed by atoms with Crippen molar-refractivity contribution < 1.29 is 9.53 Å². The van der Waals surface area contributed by atoms with E-state index in [1.165, 1.54) is 0 Å². The molecular weight excluding hydrogens is 365 g/mol. The number of benzene rings is 2. The molecule has 0 saturated carbocycles. The summed E-state index contributed by atoms with van der Waals surface area (Å²) in [5.41, 5.74) is 1.72. The second-order valence-electron chi connectivity index (χ2n) is 4.45. The summed E-state index contributed by atoms with van der Waals surface area (Å²) in [6.07, 6.45) is 0. The van der Waals surface area contributed by atoms with E-state index < -0.39 is 0 Å². The van der Waals surface area contributed by atoms with E-state index in [-0.39, 0.29) is 5.91 Å². The molecule has 2 aromatic carbocycles. The average molecular weight is 381 g/mol. The lowest BCUT2D eigenvalue weighted by molar-refractivity contribution is 0.0783. The molecule has 0 aromatic heterocycles. The molecule has 3 nitrogen and oxygen atoms in total. The van der Waals surface area contributed by atoms with Crippen LogP contribution in [0.4, 0.5) is 0 Å². The third-order valence-corrected chi connectivity index (χ3v) is 3.99. The van der Waals surface area contributed by atoms with Crippen molar-refractivity contribution in [1.29, 1.82) is 0 Å². The van der Waals surface area contributed by atoms with Crippen LogP contribution in [0.3, 0.4) is 0 Å². The van der Waals surface area contributed by atoms with Gasteiger partial charge in [-0.25, -0.2) is 0 Å². The largest absolute Gasteiger partial charge is 0.496 e. The molecule has 0 unspecified atom stereocenters. The Bertz CT molecular complexity index is 613. The maximum atomic E-state index is 12.4. The molecular formula is C16H16INO2. The minimum Gasteiger partial charge on any atom is -0.496 e. The van der Waals surface area contributed by atoms with Gasteiger partial charge in [-0.3, -0.25) is 4.79 Å². The second-order valence-corrected chi connectivity index (χ2v) is 5.62. The number of rotatable bonds is 4. The first-order valence-corrected chi connectivity index (χ1v) is 7.33. The molecule has 1 amide bonds. The topological polar surface area (TPSA) is 29.5 Å². The highest BCUT2D eigenvalue weighted by atomic mass is 127. The van der Waals surface area contributed by atoms with Gasteiger partial charge in [-0.15, -0.1) is 0 Å². The normalized spacial score (nSPS) is 10.2. The van der Waals surface area contributed by atoms with Gasteiger partial charge in [0, 0.05) is 22.7 Å². The zero-order valence-electron chi connectivity index (χ0n) is 11.5. The van der Waals surface area contributed by atoms with E-state index in [9.17, 15) is 4.79 Å². The van der Waals surface area contributed by atoms with Gasteiger partial charge in [0.2, 0.25) is 0 Å². The lowest BCUT2D eigenvalue weighted by atomic mass is 10.1. The van der Waals surface area contributed by atoms with Crippen molar-refractivity contribution in [1.82, 2.24) is 4.90 Å². The van der Waals surface area contributed by atoms with E-state index in [2.05, 4.69) is 22.6 Å². The second kappa shape index (κ2) is 6.74. The number of nitrogens with zero attached hydrogens (tertiary/aromatic N) is 1. The zero-order chi connectivity index (χ0) is 14.5. The smallest absolute Gasteiger partial charge is 0.254 e. The van der Waals surface area contributed by atoms with Gasteiger partial charge in [0.25, 0.3) is 5.91 Å². The van der Waals surface area contributed by atoms with Crippen molar-refractivity contribution in [2.45, 2.75) is 6.54 Å². The van der Waals surface area contributed by atoms with E-state index in [4.69, 9.17) is 4.74 Å². The predicted molar refractivity (Wildman–Crippen MR) is 88.0 cm³/mol. The Morgan fingerprint density at radius 2 is 1.80 bits per heavy atom. The quantitative estimate of drug-likeness (QED) is 0.758. The summed E-state index contributed by atoms with van der Waals surface area (Å²) in [6, 6.07) is 15.3. The van der Waals surface area contributed by atoms with Gasteiger partial charge < -0.3 is 9.64 Å². The monoisotopic (exact) mass is 381 g/mol. The summed E-state index contributed by atoms with van der Waals surface area (Å²) in [5.74, 6) is 0.816. The van der Waals surface area contributed by atoms with Gasteiger partial charge in [0.1, 0.15) is 5.75 Å². The summed E-state index contributed by atoms with van der Waals surface area (Å²) in [5, 5.41) is 0. The van der Waals surface area contributed by atoms with Crippen molar-refractivity contribution in [3.05, 3.63) is 63.2 Å². The molecule has 0 bridgehead atoms. The third-order valence-electron chi connectivity index (χ3n) is 3.05. The molecule has 0 aliphatic rings. The average Bonchev–Trinajstić information content (AvgIpc) is 2.47. The number of amides is 1. The Balaban J connectivity index is 2.18. The Hall–Kier alpha value is -1.56. The maximum absolute atomic E-state index is 12.4. The van der Waals surface area contributed by atoms with Crippen LogP contribution in [0.25, 0.3) is 0 Å². The molecule has 0 aliphatic heterocycles. The first-order valence-electron chi connectivity index (χ1n) is 6.25. The fourth-order valence-electron chi connectivity index (χ4n) is 2.00. The molecule has 0 N–H and O–H groups in total. The number of carbonyl (C=O) groups excluding carboxylic acids is 1. The van der Waals surface area contributed by atoms with Crippen LogP contribution in [0.15, 0.2) is 48.5 Å². The first kappa shape index (κ1) is 14.8. The number of halogens is 1. The summed E-state index contributed by atoms with van der Waals surface area (Å²) in [6.45, 7) is 0.522. The lowest BCUT2D eigenvalue weighted by Crippen LogP contribution is -2.27. The van der Waals surface area contributed by atoms with Gasteiger partial charge in [-0.2, -0.15) is 0 Å². The summed E-state index contributed by atoms with van der Waals surface area (Å²) < 4.78 is 6.28. The SMILES string of the molecule is COc1ccccc1CN(C)C(=O)c1ccccc1I. The summed E-state index contributed by atoms with van der Waals surface area (Å²) >= 11 is 2.18. The third kappa shape index (κ3) is 3.30. The highest BCUT2D eigenvalue weighted by Gasteiger charge is 2.15. The van der Waals surface area contributed by atoms with E-state index in [0.29, 0.717) is 6.54 Å². The molecule has 2 rings (SSSR count). The van der Waals surface area contributed by atoms with E-state index >= 15 is 0 Å². The van der Waals surface area contributed by atoms with Crippen molar-refractivity contribution in [3.63, 3.8) is 0 Å². The Kier molecular flexibility index (Phi) is 5.00. The molecule has 0 radical (unpaired) electrons. The van der Waals surface area contributed by atoms with Crippen LogP contribution >= 0.6 is 22.6 Å². The predicted octanol–water partition coefficient (Wildman–Crippen LogP) is 3.57. The highest BCUT2D eigenvalue weighted by molar-refractivity contribution is 14.1. The van der Waals surface area contributed by atoms with Crippen LogP contribution in [0.1, 0.15) is 15.9 Å². The minimum atomic E-state index is 0.0147. The van der Waals surface area contributed by atoms with Gasteiger partial charge in [0.05, 0.1) is 12.7 Å². The standard InChI is InChI=1S/C16H16INO2/c1-18(11-12-7-3-6-10-15(12)20-2)16(19)13-8-4-5-9-14(13)17/h3-10H,11H2,1-2H3. The number of hydrogen-bond acceptors (Lipinski definition) is 2. The zero-order valence-corrected chi connectivity index (χ0v) is 13.6. The van der Waals surface area contributed by atoms with Crippen molar-refractivity contribution in [2.75, 3.05) is 14.2 Å². The molecule has 0 atom stereocenters. The molecule has 0 heterocycles. The van der Waals surface area contributed by atoms with Gasteiger partial charge in [-0.05, 0) is 40.8 Å². The van der Waals surface area contributed by atoms with Crippen molar-refractivity contribution in [2.24, 2.45) is 0 Å². The van der Waals surface area contributed by atoms with E-state index in [1.807, 2.05) is 48.5 Å². The minimum absolute atomic E-state index is 0.0147. The van der Waals surface area contributed by atoms with Crippen molar-refractivity contribution in [3.8, 4) is 5.75 Å². The Morgan fingerprint density at radius 1 is 1.15 bits per heavy atom. The molecule has 0 spiro atoms. The van der Waals surface area contributed by atoms with Crippen LogP contribution < -0.4 is 4.74 Å². The molecule has 2 aromatic rings. The lowest BCUT2D eigenvalue weighted by Gasteiger charge is -2.19. The van der Waals surface area contributed by atoms with Gasteiger partial charge >= 0.3 is 0 Å². The van der Waals surface area contributed by atoms with Crippen LogP contribution in [-0.2, 0) is 6.54 Å². The van der Waals surface area contributed by atoms with Crippen LogP contribution in [-0.4, -0.2) is 25.0 Å². The maximum Gasteiger partial charge on any atom is 0.254 e. The van der Waals surface area contributed by atoms with Crippen LogP contribution in [0, 0.1) is 3.57 Å². The fraction of sp³-hybridized carbons (Fsp3) is 0.188. The highest BCUT2D eigenvalue weighted by Crippen LogP contribution is 2.20. The number of para-hydroxylation sites is 1. The van der Waals surface area contributed by atoms with Crippen molar-refractivity contribution >= 4 is 28.5 Å². The van der Waals surface area contributed by atoms with Gasteiger partial charge in [-0.1, -0.05) is 30.3 Å². The number of methoxy groups -OCH3 is 1. The van der Waals surface area contributed by atoms with E-state index in [0.717, 1.165) is 20.4 Å².